The molecule has 7 N–H and O–H groups in total. The molecule has 0 bridgehead atoms. The number of nitrogen functional groups attached to an aromatic ring is 1. The molecule has 44 heavy (non-hydrogen) atoms. The SMILES string of the molecule is CN(N)/C=C(\N)c1ccc2nc(-c3cccnc3N)n(-c3ccc(CN4CCC(Nc5ccnc(C#N)n5)CC4)cc3)c2n1. The molecule has 1 aliphatic rings. The summed E-state index contributed by atoms with van der Waals surface area (Å²) in [5.74, 6) is 7.67. The fraction of sp³-hybridized carbons (Fsp3) is 0.226. The first kappa shape index (κ1) is 28.5. The summed E-state index contributed by atoms with van der Waals surface area (Å²) in [5.41, 5.74) is 17.7. The normalized spacial score (nSPS) is 14.4. The molecule has 4 aromatic heterocycles. The Morgan fingerprint density at radius 2 is 1.84 bits per heavy atom. The van der Waals surface area contributed by atoms with Gasteiger partial charge in [0, 0.05) is 57.0 Å². The van der Waals surface area contributed by atoms with Crippen molar-refractivity contribution in [3.8, 4) is 23.1 Å². The first-order valence-corrected chi connectivity index (χ1v) is 14.2. The number of pyridine rings is 2. The second-order valence-electron chi connectivity index (χ2n) is 10.7. The fourth-order valence-corrected chi connectivity index (χ4v) is 5.38. The van der Waals surface area contributed by atoms with Crippen LogP contribution in [0, 0.1) is 11.3 Å². The van der Waals surface area contributed by atoms with Crippen LogP contribution in [0.5, 0.6) is 0 Å². The summed E-state index contributed by atoms with van der Waals surface area (Å²) >= 11 is 0. The van der Waals surface area contributed by atoms with Crippen molar-refractivity contribution in [2.24, 2.45) is 11.6 Å². The minimum absolute atomic E-state index is 0.173. The largest absolute Gasteiger partial charge is 0.396 e. The van der Waals surface area contributed by atoms with E-state index in [1.165, 1.54) is 10.6 Å². The Hall–Kier alpha value is -5.58. The zero-order valence-corrected chi connectivity index (χ0v) is 24.3. The van der Waals surface area contributed by atoms with Crippen LogP contribution in [0.15, 0.2) is 73.2 Å². The minimum atomic E-state index is 0.173. The number of hydrogen-bond acceptors (Lipinski definition) is 12. The van der Waals surface area contributed by atoms with Crippen molar-refractivity contribution in [3.05, 3.63) is 90.3 Å². The van der Waals surface area contributed by atoms with E-state index in [2.05, 4.69) is 49.4 Å². The Labute approximate surface area is 254 Å². The number of benzene rings is 1. The molecule has 5 heterocycles. The smallest absolute Gasteiger partial charge is 0.234 e. The van der Waals surface area contributed by atoms with Gasteiger partial charge in [-0.3, -0.25) is 9.47 Å². The Morgan fingerprint density at radius 1 is 1.05 bits per heavy atom. The fourth-order valence-electron chi connectivity index (χ4n) is 5.38. The molecule has 0 aliphatic carbocycles. The number of likely N-dealkylation sites (tertiary alicyclic amines) is 1. The molecule has 1 aromatic carbocycles. The molecular weight excluding hydrogens is 554 g/mol. The Balaban J connectivity index is 1.23. The first-order valence-electron chi connectivity index (χ1n) is 14.2. The summed E-state index contributed by atoms with van der Waals surface area (Å²) in [4.78, 5) is 24.7. The number of nitrogens with one attached hydrogen (secondary N) is 1. The van der Waals surface area contributed by atoms with Gasteiger partial charge in [0.15, 0.2) is 11.5 Å². The summed E-state index contributed by atoms with van der Waals surface area (Å²) in [6, 6.07) is 20.0. The second kappa shape index (κ2) is 12.3. The van der Waals surface area contributed by atoms with Crippen LogP contribution < -0.4 is 22.6 Å². The summed E-state index contributed by atoms with van der Waals surface area (Å²) in [6.07, 6.45) is 6.84. The van der Waals surface area contributed by atoms with E-state index < -0.39 is 0 Å². The van der Waals surface area contributed by atoms with Crippen LogP contribution in [0.1, 0.15) is 29.9 Å². The monoisotopic (exact) mass is 587 g/mol. The van der Waals surface area contributed by atoms with Gasteiger partial charge in [-0.15, -0.1) is 0 Å². The van der Waals surface area contributed by atoms with Gasteiger partial charge in [0.05, 0.1) is 17.0 Å². The van der Waals surface area contributed by atoms with Gasteiger partial charge in [0.2, 0.25) is 5.82 Å². The molecule has 1 aliphatic heterocycles. The van der Waals surface area contributed by atoms with E-state index in [9.17, 15) is 0 Å². The number of fused-ring (bicyclic) bond motifs is 1. The van der Waals surface area contributed by atoms with Crippen LogP contribution in [0.4, 0.5) is 11.6 Å². The average molecular weight is 588 g/mol. The molecule has 1 fully saturated rings. The second-order valence-corrected chi connectivity index (χ2v) is 10.7. The number of aromatic nitrogens is 6. The average Bonchev–Trinajstić information content (AvgIpc) is 3.41. The maximum absolute atomic E-state index is 9.06. The molecular formula is C31H33N13. The van der Waals surface area contributed by atoms with Crippen LogP contribution in [-0.2, 0) is 6.54 Å². The van der Waals surface area contributed by atoms with Crippen molar-refractivity contribution in [2.75, 3.05) is 31.2 Å². The third kappa shape index (κ3) is 6.12. The zero-order chi connectivity index (χ0) is 30.6. The summed E-state index contributed by atoms with van der Waals surface area (Å²) in [6.45, 7) is 2.74. The van der Waals surface area contributed by atoms with E-state index >= 15 is 0 Å². The minimum Gasteiger partial charge on any atom is -0.396 e. The number of imidazole rings is 1. The number of nitrogens with two attached hydrogens (primary N) is 3. The zero-order valence-electron chi connectivity index (χ0n) is 24.3. The van der Waals surface area contributed by atoms with Gasteiger partial charge in [-0.05, 0) is 60.9 Å². The van der Waals surface area contributed by atoms with Crippen molar-refractivity contribution < 1.29 is 0 Å². The Bertz CT molecular complexity index is 1850. The van der Waals surface area contributed by atoms with Crippen molar-refractivity contribution in [1.29, 1.82) is 5.26 Å². The molecule has 13 nitrogen and oxygen atoms in total. The molecule has 5 aromatic rings. The lowest BCUT2D eigenvalue weighted by Gasteiger charge is -2.32. The number of anilines is 2. The molecule has 0 radical (unpaired) electrons. The third-order valence-electron chi connectivity index (χ3n) is 7.52. The summed E-state index contributed by atoms with van der Waals surface area (Å²) in [5, 5.41) is 13.9. The van der Waals surface area contributed by atoms with Gasteiger partial charge < -0.3 is 21.8 Å². The van der Waals surface area contributed by atoms with Gasteiger partial charge in [-0.2, -0.15) is 5.26 Å². The van der Waals surface area contributed by atoms with Gasteiger partial charge in [-0.1, -0.05) is 12.1 Å². The number of hydrazine groups is 1. The van der Waals surface area contributed by atoms with Gasteiger partial charge >= 0.3 is 0 Å². The van der Waals surface area contributed by atoms with Gasteiger partial charge in [0.1, 0.15) is 23.2 Å². The quantitative estimate of drug-likeness (QED) is 0.154. The molecule has 0 saturated carbocycles. The highest BCUT2D eigenvalue weighted by Crippen LogP contribution is 2.31. The lowest BCUT2D eigenvalue weighted by Crippen LogP contribution is -2.38. The molecule has 13 heteroatoms. The van der Waals surface area contributed by atoms with Crippen molar-refractivity contribution in [1.82, 2.24) is 39.4 Å². The molecule has 222 valence electrons. The summed E-state index contributed by atoms with van der Waals surface area (Å²) in [7, 11) is 1.70. The van der Waals surface area contributed by atoms with E-state index in [0.717, 1.165) is 38.2 Å². The van der Waals surface area contributed by atoms with Crippen LogP contribution >= 0.6 is 0 Å². The van der Waals surface area contributed by atoms with Crippen molar-refractivity contribution in [3.63, 3.8) is 0 Å². The van der Waals surface area contributed by atoms with E-state index in [-0.39, 0.29) is 5.82 Å². The highest BCUT2D eigenvalue weighted by atomic mass is 15.4. The highest BCUT2D eigenvalue weighted by Gasteiger charge is 2.21. The predicted octanol–water partition coefficient (Wildman–Crippen LogP) is 2.87. The van der Waals surface area contributed by atoms with Crippen molar-refractivity contribution >= 4 is 28.5 Å². The van der Waals surface area contributed by atoms with Gasteiger partial charge in [-0.25, -0.2) is 30.8 Å². The van der Waals surface area contributed by atoms with Crippen LogP contribution in [0.2, 0.25) is 0 Å². The maximum Gasteiger partial charge on any atom is 0.234 e. The lowest BCUT2D eigenvalue weighted by atomic mass is 10.0. The van der Waals surface area contributed by atoms with Crippen LogP contribution in [0.3, 0.4) is 0 Å². The molecule has 6 rings (SSSR count). The standard InChI is InChI=1S/C31H33N13/c1-42(35)19-24(33)25-8-9-26-31(39-25)44(30(40-26)23-3-2-13-37-29(23)34)22-6-4-20(5-7-22)18-43-15-11-21(12-16-43)38-27-10-14-36-28(17-32)41-27/h2-10,13-14,19,21H,11-12,15-16,18,33,35H2,1H3,(H2,34,37)(H,36,38,41)/b24-19-. The van der Waals surface area contributed by atoms with Crippen LogP contribution in [-0.4, -0.2) is 65.6 Å². The molecule has 1 saturated heterocycles. The predicted molar refractivity (Wildman–Crippen MR) is 169 cm³/mol. The molecule has 0 atom stereocenters. The third-order valence-corrected chi connectivity index (χ3v) is 7.52. The number of piperidine rings is 1. The van der Waals surface area contributed by atoms with E-state index in [1.54, 1.807) is 31.7 Å². The Morgan fingerprint density at radius 3 is 2.57 bits per heavy atom. The number of rotatable bonds is 8. The first-order chi connectivity index (χ1) is 21.4. The number of nitrogens with zero attached hydrogens (tertiary/aromatic N) is 9. The molecule has 0 spiro atoms. The molecule has 0 unspecified atom stereocenters. The van der Waals surface area contributed by atoms with E-state index in [0.29, 0.717) is 51.6 Å². The molecule has 0 amide bonds. The number of nitriles is 1. The van der Waals surface area contributed by atoms with E-state index in [4.69, 9.17) is 32.5 Å². The maximum atomic E-state index is 9.06. The highest BCUT2D eigenvalue weighted by molar-refractivity contribution is 5.84. The Kier molecular flexibility index (Phi) is 8.00. The summed E-state index contributed by atoms with van der Waals surface area (Å²) < 4.78 is 1.98. The lowest BCUT2D eigenvalue weighted by molar-refractivity contribution is 0.211. The van der Waals surface area contributed by atoms with Crippen molar-refractivity contribution in [2.45, 2.75) is 25.4 Å². The van der Waals surface area contributed by atoms with Crippen LogP contribution in [0.25, 0.3) is 33.9 Å². The van der Waals surface area contributed by atoms with Gasteiger partial charge in [0.25, 0.3) is 0 Å². The topological polar surface area (TPSA) is 190 Å². The number of hydrogen-bond donors (Lipinski definition) is 4. The van der Waals surface area contributed by atoms with E-state index in [1.807, 2.05) is 34.9 Å².